The van der Waals surface area contributed by atoms with Crippen LogP contribution in [-0.2, 0) is 17.6 Å². The fraction of sp³-hybridized carbons (Fsp3) is 0.707. The fourth-order valence-electron chi connectivity index (χ4n) is 7.21. The van der Waals surface area contributed by atoms with Crippen LogP contribution in [-0.4, -0.2) is 25.8 Å². The molecule has 2 aromatic carbocycles. The first-order valence-corrected chi connectivity index (χ1v) is 21.0. The second-order valence-electron chi connectivity index (χ2n) is 14.2. The van der Waals surface area contributed by atoms with Gasteiger partial charge in [0.05, 0.1) is 5.60 Å². The molecule has 46 heavy (non-hydrogen) atoms. The molecule has 2 nitrogen and oxygen atoms in total. The van der Waals surface area contributed by atoms with E-state index >= 15 is 0 Å². The smallest absolute Gasteiger partial charge is 0.193 e. The second-order valence-corrected chi connectivity index (χ2v) is 19.0. The van der Waals surface area contributed by atoms with Gasteiger partial charge in [0.2, 0.25) is 0 Å². The van der Waals surface area contributed by atoms with Crippen LogP contribution in [0.5, 0.6) is 0 Å². The van der Waals surface area contributed by atoms with E-state index in [0.29, 0.717) is 17.0 Å². The van der Waals surface area contributed by atoms with Crippen molar-refractivity contribution in [1.29, 1.82) is 0 Å². The minimum Gasteiger partial charge on any atom is -0.431 e. The Labute approximate surface area is 284 Å². The van der Waals surface area contributed by atoms with Crippen LogP contribution in [0.2, 0.25) is 17.1 Å². The molecule has 0 aromatic heterocycles. The Hall–Kier alpha value is -1.56. The average molecular weight is 661 g/mol. The largest absolute Gasteiger partial charge is 0.431 e. The Morgan fingerprint density at radius 1 is 0.674 bits per heavy atom. The van der Waals surface area contributed by atoms with Gasteiger partial charge in [-0.25, -0.2) is 8.78 Å². The topological polar surface area (TPSA) is 29.5 Å². The molecular weight excluding hydrogens is 591 g/mol. The van der Waals surface area contributed by atoms with E-state index in [1.54, 1.807) is 18.2 Å². The third-order valence-corrected chi connectivity index (χ3v) is 15.7. The van der Waals surface area contributed by atoms with Crippen LogP contribution in [0.1, 0.15) is 149 Å². The Kier molecular flexibility index (Phi) is 21.9. The zero-order valence-electron chi connectivity index (χ0n) is 31.0. The number of ether oxygens (including phenoxy) is 1. The Bertz CT molecular complexity index is 1020. The summed E-state index contributed by atoms with van der Waals surface area (Å²) in [6.07, 6.45) is 19.1. The first-order valence-electron chi connectivity index (χ1n) is 18.7. The van der Waals surface area contributed by atoms with E-state index in [1.807, 2.05) is 25.3 Å². The van der Waals surface area contributed by atoms with Crippen molar-refractivity contribution in [2.75, 3.05) is 7.11 Å². The number of benzene rings is 2. The SMILES string of the molecule is CC(C)[Si](O)(CCCCc1cccc(F)c1)C(C)C.CCCCCCCCC(CCCCc1cccc(F)c1)C(CC)(CC)OC. The van der Waals surface area contributed by atoms with Crippen LogP contribution in [0.3, 0.4) is 0 Å². The van der Waals surface area contributed by atoms with Crippen molar-refractivity contribution in [3.8, 4) is 0 Å². The fourth-order valence-corrected chi connectivity index (χ4v) is 10.5. The summed E-state index contributed by atoms with van der Waals surface area (Å²) in [5.41, 5.74) is 3.01. The molecule has 2 rings (SSSR count). The standard InChI is InChI=1S/C25H43FO.C16H27FOSi/c1-5-8-9-10-11-12-18-23(25(6-2,7-3)27-4)19-14-13-16-22-17-15-20-24(26)21-22;1-13(2)19(18,14(3)4)11-6-5-8-15-9-7-10-16(17)12-15/h15,17,20-21,23H,5-14,16,18-19H2,1-4H3;7,9-10,12-14,18H,5-6,8,11H2,1-4H3. The van der Waals surface area contributed by atoms with Gasteiger partial charge >= 0.3 is 0 Å². The predicted molar refractivity (Wildman–Crippen MR) is 198 cm³/mol. The Morgan fingerprint density at radius 2 is 1.13 bits per heavy atom. The highest BCUT2D eigenvalue weighted by Crippen LogP contribution is 2.37. The van der Waals surface area contributed by atoms with Crippen LogP contribution >= 0.6 is 0 Å². The van der Waals surface area contributed by atoms with Gasteiger partial charge in [-0.2, -0.15) is 0 Å². The highest BCUT2D eigenvalue weighted by molar-refractivity contribution is 6.75. The van der Waals surface area contributed by atoms with E-state index in [0.717, 1.165) is 62.1 Å². The lowest BCUT2D eigenvalue weighted by atomic mass is 9.76. The van der Waals surface area contributed by atoms with Crippen molar-refractivity contribution in [3.05, 3.63) is 71.3 Å². The van der Waals surface area contributed by atoms with Crippen LogP contribution in [0, 0.1) is 17.6 Å². The molecule has 0 saturated carbocycles. The minimum atomic E-state index is -2.13. The summed E-state index contributed by atoms with van der Waals surface area (Å²) in [6, 6.07) is 14.8. The zero-order chi connectivity index (χ0) is 34.4. The molecule has 0 aliphatic carbocycles. The van der Waals surface area contributed by atoms with E-state index < -0.39 is 8.32 Å². The van der Waals surface area contributed by atoms with Gasteiger partial charge < -0.3 is 9.53 Å². The van der Waals surface area contributed by atoms with E-state index in [-0.39, 0.29) is 17.2 Å². The van der Waals surface area contributed by atoms with E-state index in [2.05, 4.69) is 48.5 Å². The summed E-state index contributed by atoms with van der Waals surface area (Å²) in [5, 5.41) is 0. The minimum absolute atomic E-state index is 0.0300. The zero-order valence-corrected chi connectivity index (χ0v) is 32.0. The lowest BCUT2D eigenvalue weighted by Gasteiger charge is -2.39. The molecule has 0 fully saturated rings. The van der Waals surface area contributed by atoms with Crippen molar-refractivity contribution in [2.45, 2.75) is 174 Å². The van der Waals surface area contributed by atoms with Gasteiger partial charge in [-0.05, 0) is 110 Å². The molecule has 0 saturated heterocycles. The first kappa shape index (κ1) is 42.5. The summed E-state index contributed by atoms with van der Waals surface area (Å²) in [5.74, 6) is 0.354. The molecule has 264 valence electrons. The van der Waals surface area contributed by atoms with Crippen molar-refractivity contribution >= 4 is 8.32 Å². The van der Waals surface area contributed by atoms with Gasteiger partial charge in [0.25, 0.3) is 0 Å². The molecule has 0 aliphatic heterocycles. The van der Waals surface area contributed by atoms with Gasteiger partial charge in [-0.15, -0.1) is 0 Å². The molecule has 1 unspecified atom stereocenters. The van der Waals surface area contributed by atoms with E-state index in [4.69, 9.17) is 4.74 Å². The maximum atomic E-state index is 13.3. The summed E-state index contributed by atoms with van der Waals surface area (Å²) in [4.78, 5) is 10.8. The highest BCUT2D eigenvalue weighted by Gasteiger charge is 2.37. The second kappa shape index (κ2) is 23.7. The van der Waals surface area contributed by atoms with Gasteiger partial charge in [0.1, 0.15) is 11.6 Å². The maximum absolute atomic E-state index is 13.3. The number of methoxy groups -OCH3 is 1. The van der Waals surface area contributed by atoms with Gasteiger partial charge in [-0.1, -0.05) is 124 Å². The molecule has 0 heterocycles. The van der Waals surface area contributed by atoms with Crippen LogP contribution in [0.15, 0.2) is 48.5 Å². The number of aryl methyl sites for hydroxylation is 2. The summed E-state index contributed by atoms with van der Waals surface area (Å²) >= 11 is 0. The maximum Gasteiger partial charge on any atom is 0.193 e. The monoisotopic (exact) mass is 661 g/mol. The van der Waals surface area contributed by atoms with Gasteiger partial charge in [0, 0.05) is 7.11 Å². The van der Waals surface area contributed by atoms with Crippen molar-refractivity contribution in [2.24, 2.45) is 5.92 Å². The summed E-state index contributed by atoms with van der Waals surface area (Å²) in [7, 11) is -0.230. The summed E-state index contributed by atoms with van der Waals surface area (Å²) in [6.45, 7) is 15.4. The Morgan fingerprint density at radius 3 is 1.57 bits per heavy atom. The lowest BCUT2D eigenvalue weighted by Crippen LogP contribution is -2.41. The van der Waals surface area contributed by atoms with Crippen LogP contribution in [0.25, 0.3) is 0 Å². The van der Waals surface area contributed by atoms with Crippen LogP contribution in [0.4, 0.5) is 8.78 Å². The normalized spacial score (nSPS) is 12.8. The molecule has 0 bridgehead atoms. The quantitative estimate of drug-likeness (QED) is 0.0949. The molecule has 0 amide bonds. The average Bonchev–Trinajstić information content (AvgIpc) is 3.03. The number of rotatable bonds is 23. The molecular formula is C41H70F2O2Si. The summed E-state index contributed by atoms with van der Waals surface area (Å²) < 4.78 is 32.5. The third kappa shape index (κ3) is 15.6. The lowest BCUT2D eigenvalue weighted by molar-refractivity contribution is -0.0711. The molecule has 2 aromatic rings. The highest BCUT2D eigenvalue weighted by atomic mass is 28.4. The molecule has 0 aliphatic rings. The van der Waals surface area contributed by atoms with Gasteiger partial charge in [-0.3, -0.25) is 0 Å². The van der Waals surface area contributed by atoms with Gasteiger partial charge in [0.15, 0.2) is 8.32 Å². The van der Waals surface area contributed by atoms with E-state index in [9.17, 15) is 13.6 Å². The van der Waals surface area contributed by atoms with Crippen molar-refractivity contribution in [3.63, 3.8) is 0 Å². The molecule has 1 N–H and O–H groups in total. The number of hydrogen-bond acceptors (Lipinski definition) is 2. The number of hydrogen-bond donors (Lipinski definition) is 1. The van der Waals surface area contributed by atoms with Crippen molar-refractivity contribution in [1.82, 2.24) is 0 Å². The molecule has 5 heteroatoms. The number of halogens is 2. The number of unbranched alkanes of at least 4 members (excludes halogenated alkanes) is 7. The first-order chi connectivity index (χ1) is 22.0. The Balaban J connectivity index is 0.000000489. The molecule has 0 radical (unpaired) electrons. The van der Waals surface area contributed by atoms with Crippen molar-refractivity contribution < 1.29 is 18.3 Å². The van der Waals surface area contributed by atoms with Crippen LogP contribution < -0.4 is 0 Å². The molecule has 1 atom stereocenters. The van der Waals surface area contributed by atoms with E-state index in [1.165, 1.54) is 69.9 Å². The predicted octanol–water partition coefficient (Wildman–Crippen LogP) is 13.0. The molecule has 0 spiro atoms. The third-order valence-electron chi connectivity index (χ3n) is 10.6.